The molecule has 0 aliphatic heterocycles. The molecule has 3 aromatic rings. The summed E-state index contributed by atoms with van der Waals surface area (Å²) >= 11 is 0. The molecule has 4 rings (SSSR count). The molecule has 0 spiro atoms. The number of benzene rings is 1. The average molecular weight is 432 g/mol. The fraction of sp³-hybridized carbons (Fsp3) is 0.250. The standard InChI is InChI=1S/C24H24N4O4/c1-25-23(30)21-14-19(9-11-26-21)32-18-8-6-15-5-7-17(12-16(15)13-18)28-22(29)20-4-3-10-27-24(20)31-2/h3-4,6,8-11,13-14,17H,5,7,12H2,1-2H3,(H,25,30)(H,28,29). The Hall–Kier alpha value is -3.94. The third-order valence-corrected chi connectivity index (χ3v) is 5.38. The molecule has 1 aromatic carbocycles. The van der Waals surface area contributed by atoms with E-state index in [-0.39, 0.29) is 23.6 Å². The molecule has 0 bridgehead atoms. The van der Waals surface area contributed by atoms with Gasteiger partial charge in [0.2, 0.25) is 5.88 Å². The Morgan fingerprint density at radius 3 is 2.66 bits per heavy atom. The highest BCUT2D eigenvalue weighted by Crippen LogP contribution is 2.29. The molecule has 2 N–H and O–H groups in total. The van der Waals surface area contributed by atoms with Crippen molar-refractivity contribution in [1.82, 2.24) is 20.6 Å². The van der Waals surface area contributed by atoms with Gasteiger partial charge in [0.25, 0.3) is 11.8 Å². The molecule has 1 atom stereocenters. The minimum atomic E-state index is -0.273. The van der Waals surface area contributed by atoms with Crippen LogP contribution in [0.15, 0.2) is 54.9 Å². The molecule has 2 aromatic heterocycles. The average Bonchev–Trinajstić information content (AvgIpc) is 2.83. The first-order chi connectivity index (χ1) is 15.6. The van der Waals surface area contributed by atoms with Crippen LogP contribution < -0.4 is 20.1 Å². The summed E-state index contributed by atoms with van der Waals surface area (Å²) in [6, 6.07) is 12.7. The number of aryl methyl sites for hydroxylation is 1. The third-order valence-electron chi connectivity index (χ3n) is 5.38. The number of rotatable bonds is 6. The van der Waals surface area contributed by atoms with Gasteiger partial charge < -0.3 is 20.1 Å². The fourth-order valence-electron chi connectivity index (χ4n) is 3.77. The Labute approximate surface area is 186 Å². The Balaban J connectivity index is 1.46. The highest BCUT2D eigenvalue weighted by molar-refractivity contribution is 5.96. The number of pyridine rings is 2. The first-order valence-electron chi connectivity index (χ1n) is 10.3. The molecule has 1 aliphatic carbocycles. The first-order valence-corrected chi connectivity index (χ1v) is 10.3. The summed E-state index contributed by atoms with van der Waals surface area (Å²) in [7, 11) is 3.05. The topological polar surface area (TPSA) is 102 Å². The summed E-state index contributed by atoms with van der Waals surface area (Å²) in [6.45, 7) is 0. The zero-order valence-electron chi connectivity index (χ0n) is 17.9. The van der Waals surface area contributed by atoms with Crippen molar-refractivity contribution in [3.05, 3.63) is 77.2 Å². The zero-order chi connectivity index (χ0) is 22.5. The van der Waals surface area contributed by atoms with Gasteiger partial charge in [0.15, 0.2) is 0 Å². The second-order valence-corrected chi connectivity index (χ2v) is 7.46. The molecular weight excluding hydrogens is 408 g/mol. The predicted molar refractivity (Wildman–Crippen MR) is 118 cm³/mol. The van der Waals surface area contributed by atoms with Gasteiger partial charge in [-0.05, 0) is 60.7 Å². The predicted octanol–water partition coefficient (Wildman–Crippen LogP) is 2.92. The van der Waals surface area contributed by atoms with Crippen molar-refractivity contribution in [3.8, 4) is 17.4 Å². The van der Waals surface area contributed by atoms with E-state index in [0.29, 0.717) is 29.4 Å². The fourth-order valence-corrected chi connectivity index (χ4v) is 3.77. The molecule has 0 fully saturated rings. The second kappa shape index (κ2) is 9.47. The number of nitrogens with zero attached hydrogens (tertiary/aromatic N) is 2. The van der Waals surface area contributed by atoms with E-state index >= 15 is 0 Å². The SMILES string of the molecule is CNC(=O)c1cc(Oc2ccc3c(c2)CC(NC(=O)c2cccnc2OC)CC3)ccn1. The van der Waals surface area contributed by atoms with Crippen LogP contribution in [0, 0.1) is 0 Å². The van der Waals surface area contributed by atoms with Crippen LogP contribution in [0.4, 0.5) is 0 Å². The van der Waals surface area contributed by atoms with Gasteiger partial charge in [-0.2, -0.15) is 0 Å². The van der Waals surface area contributed by atoms with Gasteiger partial charge >= 0.3 is 0 Å². The van der Waals surface area contributed by atoms with Crippen LogP contribution in [0.5, 0.6) is 17.4 Å². The van der Waals surface area contributed by atoms with Crippen molar-refractivity contribution in [2.24, 2.45) is 0 Å². The molecule has 2 amide bonds. The van der Waals surface area contributed by atoms with Crippen LogP contribution >= 0.6 is 0 Å². The number of carbonyl (C=O) groups is 2. The monoisotopic (exact) mass is 432 g/mol. The van der Waals surface area contributed by atoms with E-state index in [4.69, 9.17) is 9.47 Å². The summed E-state index contributed by atoms with van der Waals surface area (Å²) < 4.78 is 11.2. The van der Waals surface area contributed by atoms with Crippen LogP contribution in [0.25, 0.3) is 0 Å². The quantitative estimate of drug-likeness (QED) is 0.621. The van der Waals surface area contributed by atoms with Gasteiger partial charge in [0.1, 0.15) is 22.8 Å². The molecule has 8 nitrogen and oxygen atoms in total. The van der Waals surface area contributed by atoms with E-state index in [1.807, 2.05) is 18.2 Å². The van der Waals surface area contributed by atoms with E-state index < -0.39 is 0 Å². The molecular formula is C24H24N4O4. The lowest BCUT2D eigenvalue weighted by Crippen LogP contribution is -2.39. The van der Waals surface area contributed by atoms with E-state index in [0.717, 1.165) is 18.4 Å². The number of nitrogens with one attached hydrogen (secondary N) is 2. The minimum Gasteiger partial charge on any atom is -0.480 e. The van der Waals surface area contributed by atoms with Crippen molar-refractivity contribution in [3.63, 3.8) is 0 Å². The maximum Gasteiger partial charge on any atom is 0.269 e. The van der Waals surface area contributed by atoms with Crippen LogP contribution in [-0.2, 0) is 12.8 Å². The van der Waals surface area contributed by atoms with E-state index in [2.05, 4.69) is 20.6 Å². The summed E-state index contributed by atoms with van der Waals surface area (Å²) in [4.78, 5) is 32.7. The van der Waals surface area contributed by atoms with E-state index in [9.17, 15) is 9.59 Å². The lowest BCUT2D eigenvalue weighted by atomic mass is 9.88. The van der Waals surface area contributed by atoms with Crippen LogP contribution in [0.1, 0.15) is 38.4 Å². The summed E-state index contributed by atoms with van der Waals surface area (Å²) in [6.07, 6.45) is 5.54. The van der Waals surface area contributed by atoms with Gasteiger partial charge in [-0.3, -0.25) is 14.6 Å². The van der Waals surface area contributed by atoms with Crippen LogP contribution in [-0.4, -0.2) is 42.0 Å². The van der Waals surface area contributed by atoms with E-state index in [1.165, 1.54) is 18.9 Å². The molecule has 0 saturated heterocycles. The Morgan fingerprint density at radius 2 is 1.84 bits per heavy atom. The molecule has 0 saturated carbocycles. The van der Waals surface area contributed by atoms with E-state index in [1.54, 1.807) is 37.5 Å². The van der Waals surface area contributed by atoms with Gasteiger partial charge in [0.05, 0.1) is 7.11 Å². The number of hydrogen-bond acceptors (Lipinski definition) is 6. The number of carbonyl (C=O) groups excluding carboxylic acids is 2. The number of hydrogen-bond donors (Lipinski definition) is 2. The van der Waals surface area contributed by atoms with Gasteiger partial charge in [0, 0.05) is 31.5 Å². The normalized spacial score (nSPS) is 14.8. The highest BCUT2D eigenvalue weighted by Gasteiger charge is 2.23. The number of amides is 2. The van der Waals surface area contributed by atoms with Crippen molar-refractivity contribution in [2.75, 3.05) is 14.2 Å². The molecule has 2 heterocycles. The van der Waals surface area contributed by atoms with Crippen LogP contribution in [0.3, 0.4) is 0 Å². The number of fused-ring (bicyclic) bond motifs is 1. The molecule has 32 heavy (non-hydrogen) atoms. The Bertz CT molecular complexity index is 1150. The molecule has 1 unspecified atom stereocenters. The van der Waals surface area contributed by atoms with Gasteiger partial charge in [-0.1, -0.05) is 6.07 Å². The van der Waals surface area contributed by atoms with Crippen molar-refractivity contribution >= 4 is 11.8 Å². The first kappa shape index (κ1) is 21.3. The highest BCUT2D eigenvalue weighted by atomic mass is 16.5. The van der Waals surface area contributed by atoms with Crippen molar-refractivity contribution in [1.29, 1.82) is 0 Å². The summed E-state index contributed by atoms with van der Waals surface area (Å²) in [5, 5.41) is 5.64. The largest absolute Gasteiger partial charge is 0.480 e. The number of ether oxygens (including phenoxy) is 2. The second-order valence-electron chi connectivity index (χ2n) is 7.46. The van der Waals surface area contributed by atoms with Gasteiger partial charge in [-0.25, -0.2) is 4.98 Å². The summed E-state index contributed by atoms with van der Waals surface area (Å²) in [5.74, 6) is 1.03. The van der Waals surface area contributed by atoms with Crippen molar-refractivity contribution in [2.45, 2.75) is 25.3 Å². The maximum absolute atomic E-state index is 12.7. The molecule has 0 radical (unpaired) electrons. The third kappa shape index (κ3) is 4.69. The van der Waals surface area contributed by atoms with Gasteiger partial charge in [-0.15, -0.1) is 0 Å². The van der Waals surface area contributed by atoms with Crippen molar-refractivity contribution < 1.29 is 19.1 Å². The zero-order valence-corrected chi connectivity index (χ0v) is 17.9. The minimum absolute atomic E-state index is 0.00376. The Morgan fingerprint density at radius 1 is 1.00 bits per heavy atom. The lowest BCUT2D eigenvalue weighted by molar-refractivity contribution is 0.0927. The Kier molecular flexibility index (Phi) is 6.30. The summed E-state index contributed by atoms with van der Waals surface area (Å²) in [5.41, 5.74) is 3.07. The lowest BCUT2D eigenvalue weighted by Gasteiger charge is -2.26. The number of aromatic nitrogens is 2. The molecule has 164 valence electrons. The molecule has 8 heteroatoms. The van der Waals surface area contributed by atoms with Crippen LogP contribution in [0.2, 0.25) is 0 Å². The smallest absolute Gasteiger partial charge is 0.269 e. The molecule has 1 aliphatic rings. The maximum atomic E-state index is 12.7. The number of methoxy groups -OCH3 is 1.